The van der Waals surface area contributed by atoms with Gasteiger partial charge in [-0.25, -0.2) is 0 Å². The SMILES string of the molecule is Cc1ccc(C(=O)Cn2cc(Br)c3ccccc32)s1. The predicted molar refractivity (Wildman–Crippen MR) is 83.0 cm³/mol. The van der Waals surface area contributed by atoms with E-state index >= 15 is 0 Å². The molecule has 96 valence electrons. The van der Waals surface area contributed by atoms with Gasteiger partial charge in [-0.05, 0) is 41.1 Å². The summed E-state index contributed by atoms with van der Waals surface area (Å²) in [6, 6.07) is 12.0. The average molecular weight is 334 g/mol. The van der Waals surface area contributed by atoms with Crippen LogP contribution in [0.5, 0.6) is 0 Å². The van der Waals surface area contributed by atoms with E-state index in [1.165, 1.54) is 4.88 Å². The smallest absolute Gasteiger partial charge is 0.192 e. The van der Waals surface area contributed by atoms with Crippen LogP contribution >= 0.6 is 27.3 Å². The van der Waals surface area contributed by atoms with Crippen molar-refractivity contribution in [2.45, 2.75) is 13.5 Å². The van der Waals surface area contributed by atoms with E-state index in [0.717, 1.165) is 20.3 Å². The molecular weight excluding hydrogens is 322 g/mol. The van der Waals surface area contributed by atoms with Gasteiger partial charge in [-0.2, -0.15) is 0 Å². The number of aromatic nitrogens is 1. The van der Waals surface area contributed by atoms with Crippen LogP contribution in [0.15, 0.2) is 47.1 Å². The number of hydrogen-bond acceptors (Lipinski definition) is 2. The zero-order chi connectivity index (χ0) is 13.4. The molecule has 0 fully saturated rings. The summed E-state index contributed by atoms with van der Waals surface area (Å²) in [6.45, 7) is 2.40. The molecule has 19 heavy (non-hydrogen) atoms. The normalized spacial score (nSPS) is 11.1. The van der Waals surface area contributed by atoms with E-state index in [1.807, 2.05) is 48.0 Å². The highest BCUT2D eigenvalue weighted by atomic mass is 79.9. The highest BCUT2D eigenvalue weighted by Gasteiger charge is 2.12. The molecule has 0 aliphatic rings. The number of fused-ring (bicyclic) bond motifs is 1. The van der Waals surface area contributed by atoms with Gasteiger partial charge in [0.25, 0.3) is 0 Å². The van der Waals surface area contributed by atoms with E-state index in [9.17, 15) is 4.79 Å². The maximum absolute atomic E-state index is 12.3. The third-order valence-corrected chi connectivity index (χ3v) is 4.74. The van der Waals surface area contributed by atoms with Crippen molar-refractivity contribution in [3.05, 3.63) is 56.8 Å². The number of hydrogen-bond donors (Lipinski definition) is 0. The van der Waals surface area contributed by atoms with Gasteiger partial charge in [0.1, 0.15) is 0 Å². The van der Waals surface area contributed by atoms with Gasteiger partial charge in [0.05, 0.1) is 11.4 Å². The first kappa shape index (κ1) is 12.6. The number of carbonyl (C=O) groups is 1. The lowest BCUT2D eigenvalue weighted by Gasteiger charge is -2.03. The summed E-state index contributed by atoms with van der Waals surface area (Å²) in [5, 5.41) is 1.14. The first-order valence-corrected chi connectivity index (χ1v) is 7.59. The quantitative estimate of drug-likeness (QED) is 0.639. The lowest BCUT2D eigenvalue weighted by Crippen LogP contribution is -2.07. The molecule has 0 atom stereocenters. The summed E-state index contributed by atoms with van der Waals surface area (Å²) in [4.78, 5) is 14.2. The second-order valence-electron chi connectivity index (χ2n) is 4.46. The number of rotatable bonds is 3. The minimum Gasteiger partial charge on any atom is -0.338 e. The number of Topliss-reactive ketones (excluding diaryl/α,β-unsaturated/α-hetero) is 1. The summed E-state index contributed by atoms with van der Waals surface area (Å²) in [7, 11) is 0. The van der Waals surface area contributed by atoms with Crippen molar-refractivity contribution >= 4 is 44.0 Å². The van der Waals surface area contributed by atoms with Crippen LogP contribution in [0.25, 0.3) is 10.9 Å². The summed E-state index contributed by atoms with van der Waals surface area (Å²) >= 11 is 5.09. The van der Waals surface area contributed by atoms with Crippen molar-refractivity contribution in [3.63, 3.8) is 0 Å². The molecule has 0 aliphatic heterocycles. The maximum Gasteiger partial charge on any atom is 0.192 e. The molecule has 0 saturated carbocycles. The molecule has 0 bridgehead atoms. The zero-order valence-electron chi connectivity index (χ0n) is 10.4. The summed E-state index contributed by atoms with van der Waals surface area (Å²) < 4.78 is 3.02. The van der Waals surface area contributed by atoms with E-state index in [0.29, 0.717) is 6.54 Å². The molecule has 0 unspecified atom stereocenters. The third-order valence-electron chi connectivity index (χ3n) is 3.07. The summed E-state index contributed by atoms with van der Waals surface area (Å²) in [5.74, 6) is 0.159. The Morgan fingerprint density at radius 3 is 2.79 bits per heavy atom. The van der Waals surface area contributed by atoms with Gasteiger partial charge in [0, 0.05) is 26.4 Å². The lowest BCUT2D eigenvalue weighted by molar-refractivity contribution is 0.0977. The third kappa shape index (κ3) is 2.38. The Kier molecular flexibility index (Phi) is 3.29. The zero-order valence-corrected chi connectivity index (χ0v) is 12.8. The van der Waals surface area contributed by atoms with E-state index in [2.05, 4.69) is 22.0 Å². The number of nitrogens with zero attached hydrogens (tertiary/aromatic N) is 1. The van der Waals surface area contributed by atoms with Gasteiger partial charge in [0.15, 0.2) is 5.78 Å². The van der Waals surface area contributed by atoms with Crippen molar-refractivity contribution in [3.8, 4) is 0 Å². The van der Waals surface area contributed by atoms with Gasteiger partial charge in [-0.15, -0.1) is 11.3 Å². The predicted octanol–water partition coefficient (Wildman–Crippen LogP) is 4.66. The van der Waals surface area contributed by atoms with Crippen LogP contribution in [-0.4, -0.2) is 10.4 Å². The fourth-order valence-electron chi connectivity index (χ4n) is 2.15. The van der Waals surface area contributed by atoms with E-state index in [4.69, 9.17) is 0 Å². The van der Waals surface area contributed by atoms with Gasteiger partial charge >= 0.3 is 0 Å². The van der Waals surface area contributed by atoms with E-state index in [-0.39, 0.29) is 5.78 Å². The van der Waals surface area contributed by atoms with E-state index in [1.54, 1.807) is 11.3 Å². The van der Waals surface area contributed by atoms with Crippen LogP contribution in [0.4, 0.5) is 0 Å². The molecule has 3 rings (SSSR count). The number of carbonyl (C=O) groups excluding carboxylic acids is 1. The Morgan fingerprint density at radius 2 is 2.05 bits per heavy atom. The van der Waals surface area contributed by atoms with Crippen LogP contribution < -0.4 is 0 Å². The van der Waals surface area contributed by atoms with Crippen LogP contribution in [-0.2, 0) is 6.54 Å². The molecule has 1 aromatic carbocycles. The van der Waals surface area contributed by atoms with Crippen molar-refractivity contribution in [1.29, 1.82) is 0 Å². The fourth-order valence-corrected chi connectivity index (χ4v) is 3.53. The first-order chi connectivity index (χ1) is 9.15. The van der Waals surface area contributed by atoms with Gasteiger partial charge in [-0.3, -0.25) is 4.79 Å². The molecule has 2 nitrogen and oxygen atoms in total. The van der Waals surface area contributed by atoms with Gasteiger partial charge in [0.2, 0.25) is 0 Å². The maximum atomic E-state index is 12.3. The van der Waals surface area contributed by atoms with Crippen LogP contribution in [0.2, 0.25) is 0 Å². The number of para-hydroxylation sites is 1. The monoisotopic (exact) mass is 333 g/mol. The van der Waals surface area contributed by atoms with Crippen molar-refractivity contribution in [2.24, 2.45) is 0 Å². The molecule has 0 radical (unpaired) electrons. The molecular formula is C15H12BrNOS. The molecule has 0 N–H and O–H groups in total. The highest BCUT2D eigenvalue weighted by Crippen LogP contribution is 2.26. The molecule has 2 heterocycles. The molecule has 0 saturated heterocycles. The van der Waals surface area contributed by atoms with Gasteiger partial charge < -0.3 is 4.57 Å². The van der Waals surface area contributed by atoms with Crippen molar-refractivity contribution in [2.75, 3.05) is 0 Å². The second-order valence-corrected chi connectivity index (χ2v) is 6.60. The standard InChI is InChI=1S/C15H12BrNOS/c1-10-6-7-15(19-10)14(18)9-17-8-12(16)11-4-2-3-5-13(11)17/h2-8H,9H2,1H3. The minimum absolute atomic E-state index is 0.159. The Bertz CT molecular complexity index is 756. The minimum atomic E-state index is 0.159. The molecule has 2 aromatic heterocycles. The molecule has 0 aliphatic carbocycles. The average Bonchev–Trinajstić information content (AvgIpc) is 2.96. The van der Waals surface area contributed by atoms with Crippen molar-refractivity contribution < 1.29 is 4.79 Å². The Labute approximate surface area is 123 Å². The summed E-state index contributed by atoms with van der Waals surface area (Å²) in [5.41, 5.74) is 1.08. The van der Waals surface area contributed by atoms with Gasteiger partial charge in [-0.1, -0.05) is 18.2 Å². The number of aryl methyl sites for hydroxylation is 1. The first-order valence-electron chi connectivity index (χ1n) is 5.98. The molecule has 3 aromatic rings. The van der Waals surface area contributed by atoms with Crippen LogP contribution in [0, 0.1) is 6.92 Å². The fraction of sp³-hybridized carbons (Fsp3) is 0.133. The lowest BCUT2D eigenvalue weighted by atomic mass is 10.2. The summed E-state index contributed by atoms with van der Waals surface area (Å²) in [6.07, 6.45) is 1.98. The topological polar surface area (TPSA) is 22.0 Å². The van der Waals surface area contributed by atoms with Crippen molar-refractivity contribution in [1.82, 2.24) is 4.57 Å². The van der Waals surface area contributed by atoms with Crippen LogP contribution in [0.3, 0.4) is 0 Å². The second kappa shape index (κ2) is 4.94. The molecule has 0 amide bonds. The number of halogens is 1. The molecule has 0 spiro atoms. The number of benzene rings is 1. The largest absolute Gasteiger partial charge is 0.338 e. The van der Waals surface area contributed by atoms with E-state index < -0.39 is 0 Å². The highest BCUT2D eigenvalue weighted by molar-refractivity contribution is 9.10. The Hall–Kier alpha value is -1.39. The molecule has 4 heteroatoms. The Morgan fingerprint density at radius 1 is 1.26 bits per heavy atom. The number of thiophene rings is 1. The Balaban J connectivity index is 1.95. The number of ketones is 1. The van der Waals surface area contributed by atoms with Crippen LogP contribution in [0.1, 0.15) is 14.5 Å².